The Hall–Kier alpha value is -4.26. The van der Waals surface area contributed by atoms with Crippen molar-refractivity contribution in [3.63, 3.8) is 0 Å². The van der Waals surface area contributed by atoms with Gasteiger partial charge in [0, 0.05) is 61.2 Å². The fraction of sp³-hybridized carbons (Fsp3) is 0.595. The molecule has 55 heavy (non-hydrogen) atoms. The lowest BCUT2D eigenvalue weighted by molar-refractivity contribution is -0.182. The summed E-state index contributed by atoms with van der Waals surface area (Å²) in [6, 6.07) is 12.9. The molecule has 3 aromatic rings. The van der Waals surface area contributed by atoms with Gasteiger partial charge in [0.2, 0.25) is 5.91 Å². The molecule has 0 bridgehead atoms. The molecule has 1 spiro atoms. The summed E-state index contributed by atoms with van der Waals surface area (Å²) >= 11 is 0. The van der Waals surface area contributed by atoms with Crippen molar-refractivity contribution >= 4 is 17.8 Å². The van der Waals surface area contributed by atoms with Crippen molar-refractivity contribution in [3.8, 4) is 0 Å². The molecule has 2 amide bonds. The molecule has 2 aromatic heterocycles. The Morgan fingerprint density at radius 2 is 1.62 bits per heavy atom. The topological polar surface area (TPSA) is 107 Å². The van der Waals surface area contributed by atoms with Gasteiger partial charge in [0.15, 0.2) is 0 Å². The molecule has 1 aromatic carbocycles. The van der Waals surface area contributed by atoms with Crippen LogP contribution in [0.2, 0.25) is 0 Å². The number of pyridine rings is 1. The molecule has 296 valence electrons. The predicted molar refractivity (Wildman–Crippen MR) is 198 cm³/mol. The van der Waals surface area contributed by atoms with Crippen LogP contribution in [0.3, 0.4) is 0 Å². The van der Waals surface area contributed by atoms with Crippen LogP contribution >= 0.6 is 0 Å². The first-order chi connectivity index (χ1) is 25.9. The number of halogens is 3. The Labute approximate surface area is 320 Å². The van der Waals surface area contributed by atoms with Crippen molar-refractivity contribution in [2.75, 3.05) is 32.8 Å². The van der Waals surface area contributed by atoms with E-state index in [2.05, 4.69) is 18.9 Å². The molecule has 10 nitrogen and oxygen atoms in total. The molecular formula is C42H52F3N5O5. The molecule has 0 radical (unpaired) electrons. The van der Waals surface area contributed by atoms with Gasteiger partial charge in [0.05, 0.1) is 48.7 Å². The minimum atomic E-state index is -4.15. The highest BCUT2D eigenvalue weighted by atomic mass is 19.4. The van der Waals surface area contributed by atoms with Crippen LogP contribution < -0.4 is 0 Å². The van der Waals surface area contributed by atoms with Crippen LogP contribution in [-0.4, -0.2) is 86.9 Å². The number of likely N-dealkylation sites (tertiary alicyclic amines) is 2. The predicted octanol–water partition coefficient (Wildman–Crippen LogP) is 7.28. The van der Waals surface area contributed by atoms with Crippen LogP contribution in [0.1, 0.15) is 110 Å². The smallest absolute Gasteiger partial charge is 0.391 e. The van der Waals surface area contributed by atoms with Crippen molar-refractivity contribution < 1.29 is 37.0 Å². The monoisotopic (exact) mass is 763 g/mol. The summed E-state index contributed by atoms with van der Waals surface area (Å²) in [5, 5.41) is 4.46. The first-order valence-corrected chi connectivity index (χ1v) is 19.4. The summed E-state index contributed by atoms with van der Waals surface area (Å²) < 4.78 is 53.2. The average Bonchev–Trinajstić information content (AvgIpc) is 3.40. The molecule has 2 atom stereocenters. The fourth-order valence-electron chi connectivity index (χ4n) is 8.69. The number of carbonyl (C=O) groups is 3. The number of aromatic nitrogens is 3. The van der Waals surface area contributed by atoms with Gasteiger partial charge in [-0.2, -0.15) is 18.3 Å². The molecule has 2 saturated heterocycles. The number of hydrogen-bond donors (Lipinski definition) is 0. The fourth-order valence-corrected chi connectivity index (χ4v) is 8.69. The van der Waals surface area contributed by atoms with Gasteiger partial charge in [0.25, 0.3) is 5.91 Å². The van der Waals surface area contributed by atoms with Crippen LogP contribution in [-0.2, 0) is 27.4 Å². The SMILES string of the molecule is CC(C)(C)OC(=O)c1ccccc1Cn1cc(C(=O)N2C[C@@H](COCc3cccc(C4CCC(C(F)(F)F)CC4)n3)C3(C2)CN(C(=O)[C@H]2CC2(C)C)C3)cn1. The maximum atomic E-state index is 14.0. The molecule has 4 fully saturated rings. The Morgan fingerprint density at radius 3 is 2.29 bits per heavy atom. The molecule has 0 unspecified atom stereocenters. The second-order valence-corrected chi connectivity index (χ2v) is 17.9. The van der Waals surface area contributed by atoms with E-state index in [0.29, 0.717) is 56.8 Å². The zero-order chi connectivity index (χ0) is 39.3. The molecule has 7 rings (SSSR count). The van der Waals surface area contributed by atoms with Crippen LogP contribution in [0.25, 0.3) is 0 Å². The minimum Gasteiger partial charge on any atom is -0.456 e. The van der Waals surface area contributed by atoms with Crippen LogP contribution in [0.5, 0.6) is 0 Å². The molecule has 2 aliphatic carbocycles. The van der Waals surface area contributed by atoms with Gasteiger partial charge < -0.3 is 19.3 Å². The summed E-state index contributed by atoms with van der Waals surface area (Å²) in [5.74, 6) is -1.63. The van der Waals surface area contributed by atoms with E-state index < -0.39 is 23.7 Å². The lowest BCUT2D eigenvalue weighted by Crippen LogP contribution is -2.63. The van der Waals surface area contributed by atoms with Gasteiger partial charge in [0.1, 0.15) is 5.60 Å². The third-order valence-corrected chi connectivity index (χ3v) is 12.1. The summed E-state index contributed by atoms with van der Waals surface area (Å²) in [5.41, 5.74) is 2.20. The summed E-state index contributed by atoms with van der Waals surface area (Å²) in [7, 11) is 0. The number of rotatable bonds is 10. The molecule has 2 aliphatic heterocycles. The number of esters is 1. The van der Waals surface area contributed by atoms with E-state index >= 15 is 0 Å². The Morgan fingerprint density at radius 1 is 0.927 bits per heavy atom. The third-order valence-electron chi connectivity index (χ3n) is 12.1. The summed E-state index contributed by atoms with van der Waals surface area (Å²) in [4.78, 5) is 48.8. The van der Waals surface area contributed by atoms with Crippen molar-refractivity contribution in [2.24, 2.45) is 28.6 Å². The van der Waals surface area contributed by atoms with Gasteiger partial charge >= 0.3 is 12.1 Å². The van der Waals surface area contributed by atoms with E-state index in [4.69, 9.17) is 14.5 Å². The van der Waals surface area contributed by atoms with E-state index in [1.165, 1.54) is 0 Å². The summed E-state index contributed by atoms with van der Waals surface area (Å²) in [6.45, 7) is 12.6. The largest absolute Gasteiger partial charge is 0.456 e. The average molecular weight is 764 g/mol. The normalized spacial score (nSPS) is 24.4. The highest BCUT2D eigenvalue weighted by molar-refractivity contribution is 5.94. The number of amides is 2. The second-order valence-electron chi connectivity index (χ2n) is 17.9. The van der Waals surface area contributed by atoms with Gasteiger partial charge in [-0.1, -0.05) is 38.1 Å². The number of hydrogen-bond acceptors (Lipinski definition) is 7. The molecular weight excluding hydrogens is 711 g/mol. The standard InChI is InChI=1S/C42H52F3N5O5/c1-39(2,3)55-38(53)33-11-7-6-9-28(33)19-50-20-29(18-46-50)36(51)48-21-31(41(24-48)25-49(26-41)37(52)34-17-40(34,4)5)22-54-23-32-10-8-12-35(47-32)27-13-15-30(16-14-27)42(43,44)45/h6-12,18,20,27,30-31,34H,13-17,19,21-26H2,1-5H3/t27?,30?,31-,34+/m0/s1. The van der Waals surface area contributed by atoms with E-state index in [1.54, 1.807) is 29.2 Å². The number of nitrogens with zero attached hydrogens (tertiary/aromatic N) is 5. The van der Waals surface area contributed by atoms with E-state index in [-0.39, 0.29) is 66.4 Å². The molecule has 13 heteroatoms. The van der Waals surface area contributed by atoms with E-state index in [0.717, 1.165) is 23.4 Å². The van der Waals surface area contributed by atoms with Gasteiger partial charge in [-0.25, -0.2) is 4.79 Å². The second kappa shape index (κ2) is 14.7. The lowest BCUT2D eigenvalue weighted by atomic mass is 9.71. The number of carbonyl (C=O) groups excluding carboxylic acids is 3. The Balaban J connectivity index is 1.00. The van der Waals surface area contributed by atoms with Crippen LogP contribution in [0.15, 0.2) is 54.9 Å². The minimum absolute atomic E-state index is 0.00441. The zero-order valence-electron chi connectivity index (χ0n) is 32.4. The van der Waals surface area contributed by atoms with Gasteiger partial charge in [-0.15, -0.1) is 0 Å². The highest BCUT2D eigenvalue weighted by Crippen LogP contribution is 2.54. The van der Waals surface area contributed by atoms with Gasteiger partial charge in [-0.3, -0.25) is 19.3 Å². The molecule has 0 N–H and O–H groups in total. The summed E-state index contributed by atoms with van der Waals surface area (Å²) in [6.07, 6.45) is 1.15. The maximum absolute atomic E-state index is 14.0. The van der Waals surface area contributed by atoms with Crippen molar-refractivity contribution in [1.29, 1.82) is 0 Å². The quantitative estimate of drug-likeness (QED) is 0.200. The first kappa shape index (κ1) is 39.0. The lowest BCUT2D eigenvalue weighted by Gasteiger charge is -2.51. The Bertz CT molecular complexity index is 1900. The zero-order valence-corrected chi connectivity index (χ0v) is 32.4. The number of benzene rings is 1. The number of ether oxygens (including phenoxy) is 2. The van der Waals surface area contributed by atoms with Crippen LogP contribution in [0.4, 0.5) is 13.2 Å². The Kier molecular flexibility index (Phi) is 10.4. The first-order valence-electron chi connectivity index (χ1n) is 19.4. The van der Waals surface area contributed by atoms with E-state index in [1.807, 2.05) is 60.9 Å². The highest BCUT2D eigenvalue weighted by Gasteiger charge is 2.60. The van der Waals surface area contributed by atoms with E-state index in [9.17, 15) is 27.6 Å². The third kappa shape index (κ3) is 8.61. The molecule has 4 heterocycles. The van der Waals surface area contributed by atoms with Crippen molar-refractivity contribution in [2.45, 2.75) is 97.6 Å². The maximum Gasteiger partial charge on any atom is 0.391 e. The number of alkyl halides is 3. The molecule has 4 aliphatic rings. The van der Waals surface area contributed by atoms with Crippen LogP contribution in [0, 0.1) is 28.6 Å². The van der Waals surface area contributed by atoms with Crippen molar-refractivity contribution in [3.05, 3.63) is 82.9 Å². The van der Waals surface area contributed by atoms with Gasteiger partial charge in [-0.05, 0) is 82.1 Å². The molecule has 2 saturated carbocycles. The van der Waals surface area contributed by atoms with Crippen molar-refractivity contribution in [1.82, 2.24) is 24.6 Å².